The third kappa shape index (κ3) is 4.27. The Balaban J connectivity index is 1.91. The van der Waals surface area contributed by atoms with E-state index in [1.165, 1.54) is 6.42 Å². The van der Waals surface area contributed by atoms with E-state index in [-0.39, 0.29) is 5.97 Å². The van der Waals surface area contributed by atoms with Crippen molar-refractivity contribution < 1.29 is 9.53 Å². The van der Waals surface area contributed by atoms with Crippen LogP contribution >= 0.6 is 0 Å². The smallest absolute Gasteiger partial charge is 0.306 e. The van der Waals surface area contributed by atoms with Crippen molar-refractivity contribution in [3.63, 3.8) is 0 Å². The second kappa shape index (κ2) is 5.97. The van der Waals surface area contributed by atoms with Gasteiger partial charge in [0.25, 0.3) is 0 Å². The predicted molar refractivity (Wildman–Crippen MR) is 51.5 cm³/mol. The van der Waals surface area contributed by atoms with Crippen molar-refractivity contribution in [3.8, 4) is 0 Å². The van der Waals surface area contributed by atoms with Crippen molar-refractivity contribution >= 4 is 5.97 Å². The molecule has 0 aromatic carbocycles. The second-order valence-electron chi connectivity index (χ2n) is 3.66. The predicted octanol–water partition coefficient (Wildman–Crippen LogP) is 1.33. The minimum Gasteiger partial charge on any atom is -0.466 e. The van der Waals surface area contributed by atoms with Crippen molar-refractivity contribution in [2.45, 2.75) is 32.6 Å². The van der Waals surface area contributed by atoms with Gasteiger partial charge in [0, 0.05) is 0 Å². The summed E-state index contributed by atoms with van der Waals surface area (Å²) < 4.78 is 5.08. The van der Waals surface area contributed by atoms with Crippen LogP contribution in [0.2, 0.25) is 0 Å². The molecular formula is C10H19NO2. The van der Waals surface area contributed by atoms with Crippen LogP contribution in [0, 0.1) is 5.92 Å². The number of carbonyl (C=O) groups is 1. The fourth-order valence-electron chi connectivity index (χ4n) is 1.33. The number of nitrogens with one attached hydrogen (secondary N) is 1. The first-order chi connectivity index (χ1) is 6.33. The van der Waals surface area contributed by atoms with E-state index in [0.29, 0.717) is 18.9 Å². The zero-order valence-corrected chi connectivity index (χ0v) is 8.34. The largest absolute Gasteiger partial charge is 0.466 e. The molecule has 0 unspecified atom stereocenters. The van der Waals surface area contributed by atoms with E-state index in [4.69, 9.17) is 4.74 Å². The van der Waals surface area contributed by atoms with Crippen LogP contribution in [0.4, 0.5) is 0 Å². The number of ether oxygens (including phenoxy) is 1. The topological polar surface area (TPSA) is 38.3 Å². The van der Waals surface area contributed by atoms with Gasteiger partial charge in [-0.15, -0.1) is 0 Å². The monoisotopic (exact) mass is 185 g/mol. The first kappa shape index (κ1) is 10.5. The van der Waals surface area contributed by atoms with Gasteiger partial charge in [-0.05, 0) is 25.4 Å². The minimum atomic E-state index is -0.0254. The maximum atomic E-state index is 11.2. The van der Waals surface area contributed by atoms with E-state index < -0.39 is 0 Å². The molecule has 1 aliphatic heterocycles. The van der Waals surface area contributed by atoms with Crippen LogP contribution in [-0.2, 0) is 9.53 Å². The second-order valence-corrected chi connectivity index (χ2v) is 3.66. The summed E-state index contributed by atoms with van der Waals surface area (Å²) in [6.07, 6.45) is 3.92. The Bertz CT molecular complexity index is 155. The van der Waals surface area contributed by atoms with Gasteiger partial charge in [0.05, 0.1) is 13.0 Å². The lowest BCUT2D eigenvalue weighted by molar-refractivity contribution is -0.145. The van der Waals surface area contributed by atoms with E-state index in [1.807, 2.05) is 0 Å². The molecule has 0 aliphatic carbocycles. The molecule has 0 radical (unpaired) electrons. The molecule has 1 N–H and O–H groups in total. The minimum absolute atomic E-state index is 0.0254. The highest BCUT2D eigenvalue weighted by Gasteiger charge is 2.20. The van der Waals surface area contributed by atoms with Gasteiger partial charge in [0.2, 0.25) is 0 Å². The van der Waals surface area contributed by atoms with Crippen LogP contribution in [0.1, 0.15) is 32.6 Å². The molecule has 0 amide bonds. The highest BCUT2D eigenvalue weighted by molar-refractivity contribution is 5.69. The first-order valence-corrected chi connectivity index (χ1v) is 5.19. The Morgan fingerprint density at radius 2 is 2.23 bits per heavy atom. The molecule has 0 bridgehead atoms. The molecule has 0 spiro atoms. The number of esters is 1. The fraction of sp³-hybridized carbons (Fsp3) is 0.900. The summed E-state index contributed by atoms with van der Waals surface area (Å²) in [7, 11) is 0. The van der Waals surface area contributed by atoms with Crippen LogP contribution in [0.5, 0.6) is 0 Å². The third-order valence-corrected chi connectivity index (χ3v) is 2.33. The SMILES string of the molecule is CCCCCOC(=O)CC1CNC1. The van der Waals surface area contributed by atoms with E-state index in [1.54, 1.807) is 0 Å². The van der Waals surface area contributed by atoms with Crippen molar-refractivity contribution in [1.82, 2.24) is 5.32 Å². The fourth-order valence-corrected chi connectivity index (χ4v) is 1.33. The zero-order chi connectivity index (χ0) is 9.52. The summed E-state index contributed by atoms with van der Waals surface area (Å²) in [6, 6.07) is 0. The lowest BCUT2D eigenvalue weighted by atomic mass is 10.00. The molecule has 1 rings (SSSR count). The molecule has 1 aliphatic rings. The molecule has 1 heterocycles. The summed E-state index contributed by atoms with van der Waals surface area (Å²) in [6.45, 7) is 4.70. The number of carbonyl (C=O) groups excluding carboxylic acids is 1. The quantitative estimate of drug-likeness (QED) is 0.501. The molecule has 0 aromatic heterocycles. The maximum absolute atomic E-state index is 11.2. The van der Waals surface area contributed by atoms with Crippen LogP contribution in [0.25, 0.3) is 0 Å². The zero-order valence-electron chi connectivity index (χ0n) is 8.34. The highest BCUT2D eigenvalue weighted by Crippen LogP contribution is 2.09. The Morgan fingerprint density at radius 1 is 1.46 bits per heavy atom. The number of hydrogen-bond acceptors (Lipinski definition) is 3. The summed E-state index contributed by atoms with van der Waals surface area (Å²) in [5, 5.41) is 3.14. The molecule has 0 aromatic rings. The Hall–Kier alpha value is -0.570. The third-order valence-electron chi connectivity index (χ3n) is 2.33. The van der Waals surface area contributed by atoms with Gasteiger partial charge in [-0.2, -0.15) is 0 Å². The van der Waals surface area contributed by atoms with Gasteiger partial charge in [-0.1, -0.05) is 19.8 Å². The Morgan fingerprint density at radius 3 is 2.77 bits per heavy atom. The van der Waals surface area contributed by atoms with E-state index in [9.17, 15) is 4.79 Å². The van der Waals surface area contributed by atoms with Crippen molar-refractivity contribution in [3.05, 3.63) is 0 Å². The maximum Gasteiger partial charge on any atom is 0.306 e. The van der Waals surface area contributed by atoms with Gasteiger partial charge in [0.15, 0.2) is 0 Å². The molecule has 1 saturated heterocycles. The number of hydrogen-bond donors (Lipinski definition) is 1. The Kier molecular flexibility index (Phi) is 4.83. The van der Waals surface area contributed by atoms with E-state index >= 15 is 0 Å². The lowest BCUT2D eigenvalue weighted by Gasteiger charge is -2.25. The van der Waals surface area contributed by atoms with Crippen LogP contribution in [-0.4, -0.2) is 25.7 Å². The summed E-state index contributed by atoms with van der Waals surface area (Å²) in [4.78, 5) is 11.2. The van der Waals surface area contributed by atoms with Crippen molar-refractivity contribution in [1.29, 1.82) is 0 Å². The normalized spacial score (nSPS) is 16.7. The lowest BCUT2D eigenvalue weighted by Crippen LogP contribution is -2.43. The van der Waals surface area contributed by atoms with Gasteiger partial charge in [0.1, 0.15) is 0 Å². The summed E-state index contributed by atoms with van der Waals surface area (Å²) in [5.74, 6) is 0.501. The van der Waals surface area contributed by atoms with Crippen molar-refractivity contribution in [2.24, 2.45) is 5.92 Å². The average Bonchev–Trinajstić information content (AvgIpc) is 2.06. The summed E-state index contributed by atoms with van der Waals surface area (Å²) >= 11 is 0. The molecule has 13 heavy (non-hydrogen) atoms. The molecule has 3 heteroatoms. The average molecular weight is 185 g/mol. The van der Waals surface area contributed by atoms with Crippen molar-refractivity contribution in [2.75, 3.05) is 19.7 Å². The molecule has 76 valence electrons. The van der Waals surface area contributed by atoms with Gasteiger partial charge >= 0.3 is 5.97 Å². The highest BCUT2D eigenvalue weighted by atomic mass is 16.5. The number of rotatable bonds is 6. The van der Waals surface area contributed by atoms with Gasteiger partial charge < -0.3 is 10.1 Å². The van der Waals surface area contributed by atoms with E-state index in [0.717, 1.165) is 25.9 Å². The molecule has 3 nitrogen and oxygen atoms in total. The molecule has 0 atom stereocenters. The van der Waals surface area contributed by atoms with Crippen LogP contribution in [0.3, 0.4) is 0 Å². The molecule has 1 fully saturated rings. The van der Waals surface area contributed by atoms with E-state index in [2.05, 4.69) is 12.2 Å². The number of unbranched alkanes of at least 4 members (excludes halogenated alkanes) is 2. The summed E-state index contributed by atoms with van der Waals surface area (Å²) in [5.41, 5.74) is 0. The van der Waals surface area contributed by atoms with Gasteiger partial charge in [-0.3, -0.25) is 4.79 Å². The standard InChI is InChI=1S/C10H19NO2/c1-2-3-4-5-13-10(12)6-9-7-11-8-9/h9,11H,2-8H2,1H3. The van der Waals surface area contributed by atoms with Crippen LogP contribution in [0.15, 0.2) is 0 Å². The van der Waals surface area contributed by atoms with Crippen LogP contribution < -0.4 is 5.32 Å². The Labute approximate surface area is 79.8 Å². The first-order valence-electron chi connectivity index (χ1n) is 5.19. The van der Waals surface area contributed by atoms with Gasteiger partial charge in [-0.25, -0.2) is 0 Å². The molecular weight excluding hydrogens is 166 g/mol. The molecule has 0 saturated carbocycles.